The molecule has 2 rings (SSSR count). The molecule has 1 unspecified atom stereocenters. The summed E-state index contributed by atoms with van der Waals surface area (Å²) in [5.41, 5.74) is 7.24. The minimum Gasteiger partial charge on any atom is -0.357 e. The van der Waals surface area contributed by atoms with E-state index in [9.17, 15) is 0 Å². The molecule has 1 saturated heterocycles. The topological polar surface area (TPSA) is 45.4 Å². The standard InChI is InChI=1S/C17H30N4/c1-4-16(18)11-15-5-6-17(19-12-15)21-9-7-14(8-10-21)13-20(2)3/h5-6,12,14,16H,4,7-11,13,18H2,1-3H3. The van der Waals surface area contributed by atoms with Crippen LogP contribution in [-0.4, -0.2) is 49.7 Å². The summed E-state index contributed by atoms with van der Waals surface area (Å²) in [5.74, 6) is 1.95. The molecule has 0 aromatic carbocycles. The van der Waals surface area contributed by atoms with Gasteiger partial charge < -0.3 is 15.5 Å². The van der Waals surface area contributed by atoms with E-state index in [0.717, 1.165) is 37.7 Å². The highest BCUT2D eigenvalue weighted by Gasteiger charge is 2.20. The van der Waals surface area contributed by atoms with Crippen LogP contribution in [0, 0.1) is 5.92 Å². The van der Waals surface area contributed by atoms with Gasteiger partial charge in [0, 0.05) is 31.9 Å². The number of nitrogens with zero attached hydrogens (tertiary/aromatic N) is 3. The summed E-state index contributed by atoms with van der Waals surface area (Å²) in [4.78, 5) is 9.34. The molecule has 0 radical (unpaired) electrons. The molecule has 0 amide bonds. The number of pyridine rings is 1. The molecule has 2 N–H and O–H groups in total. The Morgan fingerprint density at radius 1 is 1.33 bits per heavy atom. The van der Waals surface area contributed by atoms with Crippen molar-refractivity contribution in [2.75, 3.05) is 38.6 Å². The van der Waals surface area contributed by atoms with Gasteiger partial charge in [0.2, 0.25) is 0 Å². The smallest absolute Gasteiger partial charge is 0.128 e. The normalized spacial score (nSPS) is 18.2. The highest BCUT2D eigenvalue weighted by Crippen LogP contribution is 2.22. The van der Waals surface area contributed by atoms with Crippen LogP contribution in [0.25, 0.3) is 0 Å². The van der Waals surface area contributed by atoms with E-state index in [4.69, 9.17) is 5.73 Å². The molecule has 1 aromatic heterocycles. The second-order valence-electron chi connectivity index (χ2n) is 6.59. The van der Waals surface area contributed by atoms with E-state index in [2.05, 4.69) is 47.9 Å². The van der Waals surface area contributed by atoms with Crippen LogP contribution in [0.3, 0.4) is 0 Å². The van der Waals surface area contributed by atoms with E-state index in [0.29, 0.717) is 0 Å². The van der Waals surface area contributed by atoms with Crippen LogP contribution in [0.5, 0.6) is 0 Å². The van der Waals surface area contributed by atoms with Gasteiger partial charge in [-0.3, -0.25) is 0 Å². The molecule has 2 heterocycles. The van der Waals surface area contributed by atoms with Gasteiger partial charge >= 0.3 is 0 Å². The molecule has 0 spiro atoms. The Hall–Kier alpha value is -1.13. The first kappa shape index (κ1) is 16.2. The predicted molar refractivity (Wildman–Crippen MR) is 89.7 cm³/mol. The Morgan fingerprint density at radius 2 is 2.05 bits per heavy atom. The zero-order chi connectivity index (χ0) is 15.2. The first-order valence-electron chi connectivity index (χ1n) is 8.18. The number of piperidine rings is 1. The average Bonchev–Trinajstić information content (AvgIpc) is 2.48. The van der Waals surface area contributed by atoms with Crippen LogP contribution in [0.1, 0.15) is 31.7 Å². The van der Waals surface area contributed by atoms with Gasteiger partial charge in [-0.25, -0.2) is 4.98 Å². The number of anilines is 1. The summed E-state index contributed by atoms with van der Waals surface area (Å²) >= 11 is 0. The van der Waals surface area contributed by atoms with E-state index < -0.39 is 0 Å². The zero-order valence-corrected chi connectivity index (χ0v) is 13.8. The maximum Gasteiger partial charge on any atom is 0.128 e. The molecule has 0 bridgehead atoms. The third-order valence-electron chi connectivity index (χ3n) is 4.39. The van der Waals surface area contributed by atoms with Gasteiger partial charge in [-0.1, -0.05) is 13.0 Å². The highest BCUT2D eigenvalue weighted by molar-refractivity contribution is 5.39. The molecule has 4 heteroatoms. The Bertz CT molecular complexity index is 407. The van der Waals surface area contributed by atoms with Crippen LogP contribution in [-0.2, 0) is 6.42 Å². The van der Waals surface area contributed by atoms with Crippen molar-refractivity contribution < 1.29 is 0 Å². The molecule has 1 fully saturated rings. The highest BCUT2D eigenvalue weighted by atomic mass is 15.2. The summed E-state index contributed by atoms with van der Waals surface area (Å²) < 4.78 is 0. The van der Waals surface area contributed by atoms with Crippen molar-refractivity contribution in [1.82, 2.24) is 9.88 Å². The number of rotatable bonds is 6. The number of hydrogen-bond donors (Lipinski definition) is 1. The molecule has 1 atom stereocenters. The molecular weight excluding hydrogens is 260 g/mol. The van der Waals surface area contributed by atoms with E-state index in [-0.39, 0.29) is 6.04 Å². The van der Waals surface area contributed by atoms with Crippen LogP contribution in [0.2, 0.25) is 0 Å². The zero-order valence-electron chi connectivity index (χ0n) is 13.8. The van der Waals surface area contributed by atoms with E-state index in [1.54, 1.807) is 0 Å². The molecular formula is C17H30N4. The fraction of sp³-hybridized carbons (Fsp3) is 0.706. The van der Waals surface area contributed by atoms with Crippen molar-refractivity contribution in [3.05, 3.63) is 23.9 Å². The minimum absolute atomic E-state index is 0.249. The molecule has 1 aromatic rings. The molecule has 0 aliphatic carbocycles. The minimum atomic E-state index is 0.249. The van der Waals surface area contributed by atoms with Crippen LogP contribution in [0.4, 0.5) is 5.82 Å². The Morgan fingerprint density at radius 3 is 2.57 bits per heavy atom. The Labute approximate surface area is 129 Å². The second kappa shape index (κ2) is 7.76. The number of nitrogens with two attached hydrogens (primary N) is 1. The molecule has 4 nitrogen and oxygen atoms in total. The van der Waals surface area contributed by atoms with Crippen molar-refractivity contribution >= 4 is 5.82 Å². The SMILES string of the molecule is CCC(N)Cc1ccc(N2CCC(CN(C)C)CC2)nc1. The van der Waals surface area contributed by atoms with Gasteiger partial charge in [-0.05, 0) is 57.3 Å². The molecule has 0 saturated carbocycles. The largest absolute Gasteiger partial charge is 0.357 e. The van der Waals surface area contributed by atoms with Crippen molar-refractivity contribution in [3.63, 3.8) is 0 Å². The van der Waals surface area contributed by atoms with Gasteiger partial charge in [0.15, 0.2) is 0 Å². The van der Waals surface area contributed by atoms with Crippen LogP contribution in [0.15, 0.2) is 18.3 Å². The first-order valence-corrected chi connectivity index (χ1v) is 8.18. The lowest BCUT2D eigenvalue weighted by atomic mass is 9.96. The summed E-state index contributed by atoms with van der Waals surface area (Å²) in [6, 6.07) is 4.59. The van der Waals surface area contributed by atoms with E-state index in [1.165, 1.54) is 24.9 Å². The molecule has 1 aliphatic rings. The molecule has 1 aliphatic heterocycles. The van der Waals surface area contributed by atoms with Crippen LogP contribution >= 0.6 is 0 Å². The summed E-state index contributed by atoms with van der Waals surface area (Å²) in [6.45, 7) is 5.58. The first-order chi connectivity index (χ1) is 10.1. The predicted octanol–water partition coefficient (Wildman–Crippen LogP) is 2.14. The third kappa shape index (κ3) is 4.97. The maximum atomic E-state index is 6.00. The molecule has 21 heavy (non-hydrogen) atoms. The van der Waals surface area contributed by atoms with Gasteiger partial charge in [-0.2, -0.15) is 0 Å². The third-order valence-corrected chi connectivity index (χ3v) is 4.39. The number of aromatic nitrogens is 1. The van der Waals surface area contributed by atoms with E-state index >= 15 is 0 Å². The van der Waals surface area contributed by atoms with Crippen molar-refractivity contribution in [3.8, 4) is 0 Å². The quantitative estimate of drug-likeness (QED) is 0.872. The summed E-state index contributed by atoms with van der Waals surface area (Å²) in [7, 11) is 4.32. The lowest BCUT2D eigenvalue weighted by Gasteiger charge is -2.34. The monoisotopic (exact) mass is 290 g/mol. The lowest BCUT2D eigenvalue weighted by molar-refractivity contribution is 0.284. The lowest BCUT2D eigenvalue weighted by Crippen LogP contribution is -2.37. The Kier molecular flexibility index (Phi) is 6.00. The van der Waals surface area contributed by atoms with Gasteiger partial charge in [0.25, 0.3) is 0 Å². The van der Waals surface area contributed by atoms with Gasteiger partial charge in [-0.15, -0.1) is 0 Å². The van der Waals surface area contributed by atoms with Crippen LogP contribution < -0.4 is 10.6 Å². The second-order valence-corrected chi connectivity index (χ2v) is 6.59. The number of hydrogen-bond acceptors (Lipinski definition) is 4. The molecule has 118 valence electrons. The maximum absolute atomic E-state index is 6.00. The van der Waals surface area contributed by atoms with Crippen molar-refractivity contribution in [2.24, 2.45) is 11.7 Å². The van der Waals surface area contributed by atoms with Crippen molar-refractivity contribution in [2.45, 2.75) is 38.6 Å². The van der Waals surface area contributed by atoms with Gasteiger partial charge in [0.05, 0.1) is 0 Å². The summed E-state index contributed by atoms with van der Waals surface area (Å²) in [6.07, 6.45) is 6.47. The fourth-order valence-corrected chi connectivity index (χ4v) is 3.03. The van der Waals surface area contributed by atoms with Crippen molar-refractivity contribution in [1.29, 1.82) is 0 Å². The van der Waals surface area contributed by atoms with E-state index in [1.807, 2.05) is 6.20 Å². The average molecular weight is 290 g/mol. The Balaban J connectivity index is 1.86. The summed E-state index contributed by atoms with van der Waals surface area (Å²) in [5, 5.41) is 0. The van der Waals surface area contributed by atoms with Gasteiger partial charge in [0.1, 0.15) is 5.82 Å². The fourth-order valence-electron chi connectivity index (χ4n) is 3.03.